The number of hydrogen-bond acceptors (Lipinski definition) is 2. The fraction of sp³-hybridized carbons (Fsp3) is 0.300. The van der Waals surface area contributed by atoms with Crippen molar-refractivity contribution in [3.63, 3.8) is 0 Å². The molecule has 0 saturated carbocycles. The topological polar surface area (TPSA) is 58.2 Å². The van der Waals surface area contributed by atoms with E-state index >= 15 is 0 Å². The van der Waals surface area contributed by atoms with Gasteiger partial charge in [0.05, 0.1) is 0 Å². The number of amides is 2. The van der Waals surface area contributed by atoms with Crippen molar-refractivity contribution in [3.05, 3.63) is 71.8 Å². The van der Waals surface area contributed by atoms with Crippen LogP contribution in [0.4, 0.5) is 0 Å². The van der Waals surface area contributed by atoms with Crippen LogP contribution in [0, 0.1) is 0 Å². The van der Waals surface area contributed by atoms with Crippen molar-refractivity contribution >= 4 is 35.0 Å². The van der Waals surface area contributed by atoms with Gasteiger partial charge in [-0.3, -0.25) is 9.59 Å². The number of rotatable bonds is 8. The van der Waals surface area contributed by atoms with Crippen molar-refractivity contribution in [2.24, 2.45) is 0 Å². The fourth-order valence-corrected chi connectivity index (χ4v) is 2.96. The van der Waals surface area contributed by atoms with Gasteiger partial charge in [-0.05, 0) is 24.0 Å². The molecule has 138 valence electrons. The summed E-state index contributed by atoms with van der Waals surface area (Å²) in [5.41, 5.74) is 2.09. The molecule has 0 aliphatic heterocycles. The molecule has 2 aromatic carbocycles. The molecule has 0 heterocycles. The first kappa shape index (κ1) is 20.3. The second-order valence-electron chi connectivity index (χ2n) is 6.03. The average Bonchev–Trinajstić information content (AvgIpc) is 2.68. The zero-order valence-electron chi connectivity index (χ0n) is 14.3. The molecule has 0 fully saturated rings. The van der Waals surface area contributed by atoms with Crippen LogP contribution in [-0.4, -0.2) is 35.7 Å². The Kier molecular flexibility index (Phi) is 8.45. The largest absolute Gasteiger partial charge is 0.344 e. The zero-order valence-corrected chi connectivity index (χ0v) is 15.8. The lowest BCUT2D eigenvalue weighted by Crippen LogP contribution is -2.49. The lowest BCUT2D eigenvalue weighted by Gasteiger charge is -2.19. The molecule has 2 amide bonds. The molecule has 2 N–H and O–H groups in total. The van der Waals surface area contributed by atoms with Crippen LogP contribution in [0.5, 0.6) is 0 Å². The Morgan fingerprint density at radius 1 is 0.692 bits per heavy atom. The van der Waals surface area contributed by atoms with Gasteiger partial charge in [0.1, 0.15) is 0 Å². The number of halogens is 2. The third kappa shape index (κ3) is 6.70. The first-order chi connectivity index (χ1) is 12.6. The van der Waals surface area contributed by atoms with E-state index in [-0.39, 0.29) is 23.8 Å². The Labute approximate surface area is 163 Å². The zero-order chi connectivity index (χ0) is 18.8. The van der Waals surface area contributed by atoms with Gasteiger partial charge in [0.15, 0.2) is 0 Å². The minimum absolute atomic E-state index is 0.219. The molecule has 2 aromatic rings. The molecule has 0 aliphatic carbocycles. The van der Waals surface area contributed by atoms with E-state index < -0.39 is 11.8 Å². The van der Waals surface area contributed by atoms with Crippen LogP contribution < -0.4 is 10.6 Å². The normalized spacial score (nSPS) is 12.8. The van der Waals surface area contributed by atoms with Crippen molar-refractivity contribution in [1.29, 1.82) is 0 Å². The second kappa shape index (κ2) is 10.8. The van der Waals surface area contributed by atoms with Crippen molar-refractivity contribution in [3.8, 4) is 0 Å². The molecular weight excluding hydrogens is 371 g/mol. The summed E-state index contributed by atoms with van der Waals surface area (Å²) in [6.07, 6.45) is 1.12. The van der Waals surface area contributed by atoms with E-state index in [4.69, 9.17) is 23.2 Å². The minimum atomic E-state index is -0.699. The Morgan fingerprint density at radius 3 is 1.35 bits per heavy atom. The van der Waals surface area contributed by atoms with Gasteiger partial charge in [0.2, 0.25) is 0 Å². The summed E-state index contributed by atoms with van der Waals surface area (Å²) in [6, 6.07) is 18.7. The highest BCUT2D eigenvalue weighted by atomic mass is 35.5. The summed E-state index contributed by atoms with van der Waals surface area (Å²) in [7, 11) is 0. The molecule has 4 nitrogen and oxygen atoms in total. The van der Waals surface area contributed by atoms with Gasteiger partial charge >= 0.3 is 11.8 Å². The lowest BCUT2D eigenvalue weighted by molar-refractivity contribution is -0.139. The molecule has 0 aromatic heterocycles. The van der Waals surface area contributed by atoms with Crippen LogP contribution in [0.2, 0.25) is 0 Å². The monoisotopic (exact) mass is 392 g/mol. The Hall–Kier alpha value is -2.04. The molecule has 6 heteroatoms. The number of carbonyl (C=O) groups excluding carboxylic acids is 2. The molecule has 0 spiro atoms. The Balaban J connectivity index is 1.87. The van der Waals surface area contributed by atoms with Gasteiger partial charge in [-0.2, -0.15) is 0 Å². The summed E-state index contributed by atoms with van der Waals surface area (Å²) < 4.78 is 0. The maximum atomic E-state index is 12.2. The number of nitrogens with one attached hydrogen (secondary N) is 2. The van der Waals surface area contributed by atoms with Crippen molar-refractivity contribution in [1.82, 2.24) is 10.6 Å². The molecule has 0 aliphatic rings. The van der Waals surface area contributed by atoms with Crippen LogP contribution in [0.3, 0.4) is 0 Å². The van der Waals surface area contributed by atoms with Crippen molar-refractivity contribution in [2.45, 2.75) is 24.9 Å². The van der Waals surface area contributed by atoms with Crippen molar-refractivity contribution in [2.75, 3.05) is 11.8 Å². The minimum Gasteiger partial charge on any atom is -0.344 e. The summed E-state index contributed by atoms with van der Waals surface area (Å²) in [6.45, 7) is 0. The highest BCUT2D eigenvalue weighted by Crippen LogP contribution is 2.06. The molecule has 2 atom stereocenters. The molecule has 0 bridgehead atoms. The summed E-state index contributed by atoms with van der Waals surface area (Å²) in [4.78, 5) is 24.4. The van der Waals surface area contributed by atoms with E-state index in [1.807, 2.05) is 60.7 Å². The highest BCUT2D eigenvalue weighted by molar-refractivity contribution is 6.35. The number of benzene rings is 2. The fourth-order valence-electron chi connectivity index (χ4n) is 2.59. The van der Waals surface area contributed by atoms with E-state index in [2.05, 4.69) is 10.6 Å². The van der Waals surface area contributed by atoms with Gasteiger partial charge < -0.3 is 10.6 Å². The second-order valence-corrected chi connectivity index (χ2v) is 6.65. The number of alkyl halides is 2. The van der Waals surface area contributed by atoms with Crippen LogP contribution in [0.15, 0.2) is 60.7 Å². The summed E-state index contributed by atoms with van der Waals surface area (Å²) in [5.74, 6) is -0.960. The van der Waals surface area contributed by atoms with E-state index in [1.54, 1.807) is 0 Å². The molecule has 0 radical (unpaired) electrons. The standard InChI is InChI=1S/C20H22Cl2N2O2/c21-13-17(11-15-7-3-1-4-8-15)23-19(25)20(26)24-18(14-22)12-16-9-5-2-6-10-16/h1-10,17-18H,11-14H2,(H,23,25)(H,24,26)/t17-,18-/m0/s1. The summed E-state index contributed by atoms with van der Waals surface area (Å²) >= 11 is 11.9. The van der Waals surface area contributed by atoms with Crippen LogP contribution in [0.25, 0.3) is 0 Å². The quantitative estimate of drug-likeness (QED) is 0.535. The maximum absolute atomic E-state index is 12.2. The molecule has 0 saturated heterocycles. The van der Waals surface area contributed by atoms with E-state index in [0.717, 1.165) is 11.1 Å². The van der Waals surface area contributed by atoms with E-state index in [1.165, 1.54) is 0 Å². The molecular formula is C20H22Cl2N2O2. The SMILES string of the molecule is O=C(N[C@H](CCl)Cc1ccccc1)C(=O)N[C@H](CCl)Cc1ccccc1. The highest BCUT2D eigenvalue weighted by Gasteiger charge is 2.21. The van der Waals surface area contributed by atoms with Gasteiger partial charge in [0, 0.05) is 23.8 Å². The predicted octanol–water partition coefficient (Wildman–Crippen LogP) is 2.92. The van der Waals surface area contributed by atoms with Crippen LogP contribution >= 0.6 is 23.2 Å². The third-order valence-electron chi connectivity index (χ3n) is 3.90. The van der Waals surface area contributed by atoms with Gasteiger partial charge in [-0.25, -0.2) is 0 Å². The molecule has 0 unspecified atom stereocenters. The average molecular weight is 393 g/mol. The Morgan fingerprint density at radius 2 is 1.04 bits per heavy atom. The van der Waals surface area contributed by atoms with Gasteiger partial charge in [-0.15, -0.1) is 23.2 Å². The Bertz CT molecular complexity index is 634. The smallest absolute Gasteiger partial charge is 0.309 e. The summed E-state index contributed by atoms with van der Waals surface area (Å²) in [5, 5.41) is 5.36. The number of carbonyl (C=O) groups is 2. The van der Waals surface area contributed by atoms with Crippen molar-refractivity contribution < 1.29 is 9.59 Å². The lowest BCUT2D eigenvalue weighted by atomic mass is 10.1. The van der Waals surface area contributed by atoms with Crippen LogP contribution in [0.1, 0.15) is 11.1 Å². The maximum Gasteiger partial charge on any atom is 0.309 e. The molecule has 2 rings (SSSR count). The van der Waals surface area contributed by atoms with Gasteiger partial charge in [-0.1, -0.05) is 60.7 Å². The van der Waals surface area contributed by atoms with E-state index in [9.17, 15) is 9.59 Å². The predicted molar refractivity (Wildman–Crippen MR) is 106 cm³/mol. The third-order valence-corrected chi connectivity index (χ3v) is 4.64. The van der Waals surface area contributed by atoms with E-state index in [0.29, 0.717) is 12.8 Å². The first-order valence-electron chi connectivity index (χ1n) is 8.43. The number of hydrogen-bond donors (Lipinski definition) is 2. The first-order valence-corrected chi connectivity index (χ1v) is 9.50. The van der Waals surface area contributed by atoms with Gasteiger partial charge in [0.25, 0.3) is 0 Å². The molecule has 26 heavy (non-hydrogen) atoms. The van der Waals surface area contributed by atoms with Crippen LogP contribution in [-0.2, 0) is 22.4 Å².